The highest BCUT2D eigenvalue weighted by Crippen LogP contribution is 2.50. The lowest BCUT2D eigenvalue weighted by molar-refractivity contribution is -0.131. The van der Waals surface area contributed by atoms with Crippen molar-refractivity contribution in [2.24, 2.45) is 0 Å². The molecule has 0 N–H and O–H groups in total. The van der Waals surface area contributed by atoms with E-state index in [9.17, 15) is 4.79 Å². The average molecular weight is 411 g/mol. The topological polar surface area (TPSA) is 35.5 Å². The van der Waals surface area contributed by atoms with Gasteiger partial charge in [0.1, 0.15) is 11.5 Å². The minimum absolute atomic E-state index is 0.0925. The first kappa shape index (κ1) is 24.0. The molecule has 164 valence electrons. The van der Waals surface area contributed by atoms with E-state index in [1.54, 1.807) is 7.11 Å². The standard InChI is InChI=1S/C27H38O3/c1-15-13-20(26(6,7)8)24(29-12)22(17(15)3)23-18(4)16(2)14-21(27(9,10)11)25(23)30-19(5)28/h13-14H,1-12H3. The van der Waals surface area contributed by atoms with Gasteiger partial charge in [-0.25, -0.2) is 0 Å². The van der Waals surface area contributed by atoms with Crippen molar-refractivity contribution in [1.29, 1.82) is 0 Å². The van der Waals surface area contributed by atoms with E-state index in [-0.39, 0.29) is 16.8 Å². The Morgan fingerprint density at radius 1 is 0.733 bits per heavy atom. The summed E-state index contributed by atoms with van der Waals surface area (Å²) >= 11 is 0. The Morgan fingerprint density at radius 2 is 1.10 bits per heavy atom. The lowest BCUT2D eigenvalue weighted by Gasteiger charge is -2.30. The van der Waals surface area contributed by atoms with Gasteiger partial charge in [0.15, 0.2) is 0 Å². The largest absolute Gasteiger partial charge is 0.496 e. The molecule has 2 rings (SSSR count). The summed E-state index contributed by atoms with van der Waals surface area (Å²) < 4.78 is 12.0. The molecule has 30 heavy (non-hydrogen) atoms. The Hall–Kier alpha value is -2.29. The van der Waals surface area contributed by atoms with Gasteiger partial charge in [-0.05, 0) is 60.8 Å². The number of esters is 1. The van der Waals surface area contributed by atoms with Gasteiger partial charge in [-0.1, -0.05) is 53.7 Å². The summed E-state index contributed by atoms with van der Waals surface area (Å²) in [7, 11) is 1.73. The van der Waals surface area contributed by atoms with E-state index in [2.05, 4.69) is 81.4 Å². The molecule has 0 aliphatic carbocycles. The van der Waals surface area contributed by atoms with E-state index in [1.807, 2.05) is 0 Å². The number of carbonyl (C=O) groups is 1. The first-order chi connectivity index (χ1) is 13.6. The van der Waals surface area contributed by atoms with Crippen LogP contribution in [-0.4, -0.2) is 13.1 Å². The van der Waals surface area contributed by atoms with Crippen LogP contribution in [-0.2, 0) is 15.6 Å². The maximum Gasteiger partial charge on any atom is 0.308 e. The Balaban J connectivity index is 3.17. The van der Waals surface area contributed by atoms with E-state index in [1.165, 1.54) is 18.1 Å². The molecule has 0 saturated carbocycles. The summed E-state index contributed by atoms with van der Waals surface area (Å²) in [6.45, 7) is 23.0. The van der Waals surface area contributed by atoms with E-state index in [0.717, 1.165) is 39.1 Å². The van der Waals surface area contributed by atoms with Gasteiger partial charge in [0.2, 0.25) is 0 Å². The highest BCUT2D eigenvalue weighted by molar-refractivity contribution is 5.87. The van der Waals surface area contributed by atoms with Crippen molar-refractivity contribution in [2.45, 2.75) is 87.0 Å². The number of rotatable bonds is 3. The smallest absolute Gasteiger partial charge is 0.308 e. The van der Waals surface area contributed by atoms with Crippen LogP contribution in [0.15, 0.2) is 12.1 Å². The van der Waals surface area contributed by atoms with Gasteiger partial charge in [0.05, 0.1) is 7.11 Å². The van der Waals surface area contributed by atoms with E-state index in [4.69, 9.17) is 9.47 Å². The number of carbonyl (C=O) groups excluding carboxylic acids is 1. The van der Waals surface area contributed by atoms with Gasteiger partial charge in [-0.15, -0.1) is 0 Å². The lowest BCUT2D eigenvalue weighted by Crippen LogP contribution is -2.18. The maximum absolute atomic E-state index is 12.2. The van der Waals surface area contributed by atoms with Gasteiger partial charge >= 0.3 is 5.97 Å². The van der Waals surface area contributed by atoms with Crippen molar-refractivity contribution in [2.75, 3.05) is 7.11 Å². The van der Waals surface area contributed by atoms with Gasteiger partial charge in [-0.2, -0.15) is 0 Å². The number of aryl methyl sites for hydroxylation is 2. The van der Waals surface area contributed by atoms with E-state index in [0.29, 0.717) is 5.75 Å². The van der Waals surface area contributed by atoms with Crippen LogP contribution in [0.4, 0.5) is 0 Å². The molecular formula is C27H38O3. The van der Waals surface area contributed by atoms with Crippen molar-refractivity contribution < 1.29 is 14.3 Å². The minimum atomic E-state index is -0.315. The molecule has 3 nitrogen and oxygen atoms in total. The van der Waals surface area contributed by atoms with E-state index < -0.39 is 0 Å². The van der Waals surface area contributed by atoms with Crippen molar-refractivity contribution in [3.63, 3.8) is 0 Å². The fourth-order valence-corrected chi connectivity index (χ4v) is 3.96. The zero-order valence-electron chi connectivity index (χ0n) is 20.9. The molecule has 2 aromatic carbocycles. The summed E-state index contributed by atoms with van der Waals surface area (Å²) in [5.41, 5.74) is 8.48. The third kappa shape index (κ3) is 4.40. The minimum Gasteiger partial charge on any atom is -0.496 e. The first-order valence-electron chi connectivity index (χ1n) is 10.6. The number of methoxy groups -OCH3 is 1. The number of hydrogen-bond donors (Lipinski definition) is 0. The Morgan fingerprint density at radius 3 is 1.43 bits per heavy atom. The van der Waals surface area contributed by atoms with Crippen molar-refractivity contribution in [1.82, 2.24) is 0 Å². The molecule has 0 heterocycles. The molecule has 0 amide bonds. The van der Waals surface area contributed by atoms with Gasteiger partial charge in [0, 0.05) is 29.2 Å². The van der Waals surface area contributed by atoms with Crippen LogP contribution in [0, 0.1) is 27.7 Å². The Labute approximate surface area is 182 Å². The van der Waals surface area contributed by atoms with Crippen LogP contribution in [0.3, 0.4) is 0 Å². The zero-order valence-corrected chi connectivity index (χ0v) is 20.9. The Kier molecular flexibility index (Phi) is 6.47. The second-order valence-corrected chi connectivity index (χ2v) is 10.4. The molecule has 0 fully saturated rings. The van der Waals surface area contributed by atoms with Crippen molar-refractivity contribution in [3.8, 4) is 22.6 Å². The quantitative estimate of drug-likeness (QED) is 0.399. The molecule has 2 aromatic rings. The summed E-state index contributed by atoms with van der Waals surface area (Å²) in [6.07, 6.45) is 0. The van der Waals surface area contributed by atoms with Crippen LogP contribution < -0.4 is 9.47 Å². The molecule has 0 spiro atoms. The van der Waals surface area contributed by atoms with Crippen molar-refractivity contribution in [3.05, 3.63) is 45.5 Å². The average Bonchev–Trinajstić information content (AvgIpc) is 2.58. The van der Waals surface area contributed by atoms with E-state index >= 15 is 0 Å². The first-order valence-corrected chi connectivity index (χ1v) is 10.6. The third-order valence-corrected chi connectivity index (χ3v) is 5.91. The highest BCUT2D eigenvalue weighted by atomic mass is 16.5. The van der Waals surface area contributed by atoms with Gasteiger partial charge in [0.25, 0.3) is 0 Å². The summed E-state index contributed by atoms with van der Waals surface area (Å²) in [4.78, 5) is 12.2. The number of ether oxygens (including phenoxy) is 2. The summed E-state index contributed by atoms with van der Waals surface area (Å²) in [6, 6.07) is 4.37. The van der Waals surface area contributed by atoms with Crippen LogP contribution in [0.1, 0.15) is 81.8 Å². The summed E-state index contributed by atoms with van der Waals surface area (Å²) in [5, 5.41) is 0. The molecule has 0 aliphatic heterocycles. The second kappa shape index (κ2) is 8.09. The fourth-order valence-electron chi connectivity index (χ4n) is 3.96. The molecule has 0 bridgehead atoms. The molecular weight excluding hydrogens is 372 g/mol. The van der Waals surface area contributed by atoms with Crippen LogP contribution >= 0.6 is 0 Å². The Bertz CT molecular complexity index is 983. The fraction of sp³-hybridized carbons (Fsp3) is 0.519. The third-order valence-electron chi connectivity index (χ3n) is 5.91. The van der Waals surface area contributed by atoms with Crippen LogP contribution in [0.25, 0.3) is 11.1 Å². The normalized spacial score (nSPS) is 12.1. The SMILES string of the molecule is COc1c(C(C)(C)C)cc(C)c(C)c1-c1c(C)c(C)cc(C(C)(C)C)c1OC(C)=O. The van der Waals surface area contributed by atoms with Crippen LogP contribution in [0.5, 0.6) is 11.5 Å². The molecule has 0 saturated heterocycles. The van der Waals surface area contributed by atoms with Gasteiger partial charge < -0.3 is 9.47 Å². The number of benzene rings is 2. The number of hydrogen-bond acceptors (Lipinski definition) is 3. The molecule has 3 heteroatoms. The predicted molar refractivity (Wildman–Crippen MR) is 126 cm³/mol. The molecule has 0 radical (unpaired) electrons. The van der Waals surface area contributed by atoms with Gasteiger partial charge in [-0.3, -0.25) is 4.79 Å². The maximum atomic E-state index is 12.2. The predicted octanol–water partition coefficient (Wildman–Crippen LogP) is 7.12. The molecule has 0 aromatic heterocycles. The summed E-state index contributed by atoms with van der Waals surface area (Å²) in [5.74, 6) is 1.18. The molecule has 0 aliphatic rings. The molecule has 0 atom stereocenters. The second-order valence-electron chi connectivity index (χ2n) is 10.4. The van der Waals surface area contributed by atoms with Crippen LogP contribution in [0.2, 0.25) is 0 Å². The lowest BCUT2D eigenvalue weighted by atomic mass is 9.77. The zero-order chi connectivity index (χ0) is 23.2. The monoisotopic (exact) mass is 410 g/mol. The van der Waals surface area contributed by atoms with Crippen molar-refractivity contribution >= 4 is 5.97 Å². The molecule has 0 unspecified atom stereocenters. The highest BCUT2D eigenvalue weighted by Gasteiger charge is 2.31.